The molecule has 4 aromatic heterocycles. The number of furan rings is 1. The first-order valence-corrected chi connectivity index (χ1v) is 9.75. The number of benzene rings is 1. The number of aryl methyl sites for hydroxylation is 1. The molecule has 0 unspecified atom stereocenters. The summed E-state index contributed by atoms with van der Waals surface area (Å²) >= 11 is 0. The molecule has 2 N–H and O–H groups in total. The van der Waals surface area contributed by atoms with Gasteiger partial charge in [-0.1, -0.05) is 0 Å². The third kappa shape index (κ3) is 3.07. The van der Waals surface area contributed by atoms with Crippen LogP contribution in [0.4, 0.5) is 14.7 Å². The van der Waals surface area contributed by atoms with Crippen LogP contribution >= 0.6 is 0 Å². The van der Waals surface area contributed by atoms with Gasteiger partial charge >= 0.3 is 5.69 Å². The van der Waals surface area contributed by atoms with Crippen LogP contribution in [-0.4, -0.2) is 35.3 Å². The minimum atomic E-state index is -0.827. The quantitative estimate of drug-likeness (QED) is 0.430. The fourth-order valence-electron chi connectivity index (χ4n) is 3.54. The highest BCUT2D eigenvalue weighted by molar-refractivity contribution is 5.88. The maximum absolute atomic E-state index is 13.8. The summed E-state index contributed by atoms with van der Waals surface area (Å²) in [7, 11) is 0. The van der Waals surface area contributed by atoms with Crippen molar-refractivity contribution in [1.82, 2.24) is 28.7 Å². The molecule has 32 heavy (non-hydrogen) atoms. The highest BCUT2D eigenvalue weighted by Crippen LogP contribution is 2.24. The van der Waals surface area contributed by atoms with Crippen molar-refractivity contribution in [2.75, 3.05) is 12.3 Å². The van der Waals surface area contributed by atoms with Gasteiger partial charge in [0.2, 0.25) is 11.8 Å². The Balaban J connectivity index is 1.57. The number of halogens is 2. The lowest BCUT2D eigenvalue weighted by molar-refractivity contribution is 0.283. The number of nitrogens with two attached hydrogens (primary N) is 1. The number of rotatable bonds is 6. The molecule has 0 spiro atoms. The van der Waals surface area contributed by atoms with Crippen molar-refractivity contribution in [3.63, 3.8) is 0 Å². The Kier molecular flexibility index (Phi) is 4.61. The SMILES string of the molecule is CCn1c(=O)n(CCOc2ccc(F)cc2F)c2nc(N)n3nc(-c4ccco4)nc3c21. The number of ether oxygens (including phenoxy) is 1. The first-order valence-electron chi connectivity index (χ1n) is 9.75. The van der Waals surface area contributed by atoms with E-state index in [1.807, 2.05) is 6.92 Å². The van der Waals surface area contributed by atoms with E-state index in [1.165, 1.54) is 26.0 Å². The molecule has 4 heterocycles. The Morgan fingerprint density at radius 2 is 2.00 bits per heavy atom. The van der Waals surface area contributed by atoms with Crippen molar-refractivity contribution in [3.8, 4) is 17.3 Å². The maximum Gasteiger partial charge on any atom is 0.330 e. The molecular formula is C20H17F2N7O3. The summed E-state index contributed by atoms with van der Waals surface area (Å²) in [5.74, 6) is -0.872. The third-order valence-corrected chi connectivity index (χ3v) is 4.98. The van der Waals surface area contributed by atoms with Gasteiger partial charge in [0.25, 0.3) is 0 Å². The van der Waals surface area contributed by atoms with Crippen molar-refractivity contribution >= 4 is 22.8 Å². The summed E-state index contributed by atoms with van der Waals surface area (Å²) in [4.78, 5) is 21.9. The first kappa shape index (κ1) is 19.7. The molecule has 0 fully saturated rings. The molecule has 12 heteroatoms. The zero-order chi connectivity index (χ0) is 22.4. The van der Waals surface area contributed by atoms with E-state index in [1.54, 1.807) is 12.1 Å². The van der Waals surface area contributed by atoms with Gasteiger partial charge in [-0.25, -0.2) is 18.6 Å². The van der Waals surface area contributed by atoms with E-state index in [0.717, 1.165) is 12.1 Å². The molecular weight excluding hydrogens is 424 g/mol. The molecule has 0 aliphatic carbocycles. The normalized spacial score (nSPS) is 11.6. The van der Waals surface area contributed by atoms with E-state index >= 15 is 0 Å². The second kappa shape index (κ2) is 7.48. The van der Waals surface area contributed by atoms with Gasteiger partial charge in [-0.3, -0.25) is 9.13 Å². The van der Waals surface area contributed by atoms with Crippen LogP contribution in [0.3, 0.4) is 0 Å². The summed E-state index contributed by atoms with van der Waals surface area (Å²) < 4.78 is 41.9. The van der Waals surface area contributed by atoms with Gasteiger partial charge < -0.3 is 14.9 Å². The van der Waals surface area contributed by atoms with Gasteiger partial charge in [0.1, 0.15) is 17.9 Å². The smallest absolute Gasteiger partial charge is 0.330 e. The van der Waals surface area contributed by atoms with Gasteiger partial charge in [0.15, 0.2) is 28.6 Å². The molecule has 0 aliphatic heterocycles. The number of aromatic nitrogens is 6. The largest absolute Gasteiger partial charge is 0.489 e. The van der Waals surface area contributed by atoms with Crippen LogP contribution in [0.5, 0.6) is 5.75 Å². The second-order valence-corrected chi connectivity index (χ2v) is 6.89. The third-order valence-electron chi connectivity index (χ3n) is 4.98. The number of nitrogens with zero attached hydrogens (tertiary/aromatic N) is 6. The number of hydrogen-bond donors (Lipinski definition) is 1. The molecule has 5 aromatic rings. The molecule has 0 bridgehead atoms. The van der Waals surface area contributed by atoms with E-state index in [-0.39, 0.29) is 30.5 Å². The molecule has 164 valence electrons. The zero-order valence-electron chi connectivity index (χ0n) is 16.8. The lowest BCUT2D eigenvalue weighted by Gasteiger charge is -2.08. The summed E-state index contributed by atoms with van der Waals surface area (Å²) in [5, 5.41) is 4.34. The fraction of sp³-hybridized carbons (Fsp3) is 0.200. The molecule has 5 rings (SSSR count). The van der Waals surface area contributed by atoms with Crippen LogP contribution in [0, 0.1) is 11.6 Å². The predicted octanol–water partition coefficient (Wildman–Crippen LogP) is 2.46. The van der Waals surface area contributed by atoms with E-state index in [4.69, 9.17) is 14.9 Å². The van der Waals surface area contributed by atoms with Gasteiger partial charge in [-0.05, 0) is 31.2 Å². The molecule has 0 saturated carbocycles. The molecule has 0 amide bonds. The Bertz CT molecular complexity index is 1500. The van der Waals surface area contributed by atoms with E-state index in [2.05, 4.69) is 15.1 Å². The van der Waals surface area contributed by atoms with Crippen LogP contribution in [0.25, 0.3) is 28.4 Å². The summed E-state index contributed by atoms with van der Waals surface area (Å²) in [5.41, 5.74) is 6.83. The zero-order valence-corrected chi connectivity index (χ0v) is 16.8. The van der Waals surface area contributed by atoms with E-state index < -0.39 is 11.6 Å². The average Bonchev–Trinajstić information content (AvgIpc) is 3.48. The highest BCUT2D eigenvalue weighted by atomic mass is 19.1. The Labute approximate surface area is 178 Å². The Morgan fingerprint density at radius 3 is 2.72 bits per heavy atom. The van der Waals surface area contributed by atoms with Crippen LogP contribution in [0.15, 0.2) is 45.8 Å². The van der Waals surface area contributed by atoms with E-state index in [0.29, 0.717) is 34.9 Å². The summed E-state index contributed by atoms with van der Waals surface area (Å²) in [6.07, 6.45) is 1.50. The van der Waals surface area contributed by atoms with Crippen molar-refractivity contribution in [2.45, 2.75) is 20.0 Å². The summed E-state index contributed by atoms with van der Waals surface area (Å²) in [6, 6.07) is 6.43. The first-order chi connectivity index (χ1) is 15.5. The van der Waals surface area contributed by atoms with Crippen LogP contribution in [-0.2, 0) is 13.1 Å². The van der Waals surface area contributed by atoms with E-state index in [9.17, 15) is 13.6 Å². The number of nitrogen functional groups attached to an aromatic ring is 1. The molecule has 0 saturated heterocycles. The number of anilines is 1. The monoisotopic (exact) mass is 441 g/mol. The van der Waals surface area contributed by atoms with Crippen LogP contribution in [0.2, 0.25) is 0 Å². The Morgan fingerprint density at radius 1 is 1.16 bits per heavy atom. The lowest BCUT2D eigenvalue weighted by atomic mass is 10.3. The predicted molar refractivity (Wildman–Crippen MR) is 110 cm³/mol. The van der Waals surface area contributed by atoms with Crippen molar-refractivity contribution in [1.29, 1.82) is 0 Å². The minimum absolute atomic E-state index is 0.0327. The van der Waals surface area contributed by atoms with Crippen molar-refractivity contribution < 1.29 is 17.9 Å². The lowest BCUT2D eigenvalue weighted by Crippen LogP contribution is -2.26. The van der Waals surface area contributed by atoms with Crippen LogP contribution in [0.1, 0.15) is 6.92 Å². The molecule has 0 atom stereocenters. The molecule has 0 radical (unpaired) electrons. The van der Waals surface area contributed by atoms with Gasteiger partial charge in [-0.2, -0.15) is 9.50 Å². The molecule has 10 nitrogen and oxygen atoms in total. The van der Waals surface area contributed by atoms with Gasteiger partial charge in [-0.15, -0.1) is 5.10 Å². The van der Waals surface area contributed by atoms with Crippen LogP contribution < -0.4 is 16.2 Å². The topological polar surface area (TPSA) is 118 Å². The molecule has 1 aromatic carbocycles. The van der Waals surface area contributed by atoms with Crippen molar-refractivity contribution in [3.05, 3.63) is 58.7 Å². The van der Waals surface area contributed by atoms with Crippen molar-refractivity contribution in [2.24, 2.45) is 0 Å². The average molecular weight is 441 g/mol. The standard InChI is InChI=1S/C20H17F2N7O3/c1-2-27-15-17(25-19(23)29-18(15)24-16(26-29)14-4-3-8-31-14)28(20(27)30)7-9-32-13-6-5-11(21)10-12(13)22/h3-6,8,10H,2,7,9H2,1H3,(H2,23,25). The fourth-order valence-corrected chi connectivity index (χ4v) is 3.54. The minimum Gasteiger partial charge on any atom is -0.489 e. The number of hydrogen-bond acceptors (Lipinski definition) is 7. The number of imidazole rings is 1. The summed E-state index contributed by atoms with van der Waals surface area (Å²) in [6.45, 7) is 2.16. The Hall–Kier alpha value is -4.22. The van der Waals surface area contributed by atoms with Gasteiger partial charge in [0, 0.05) is 12.6 Å². The number of fused-ring (bicyclic) bond motifs is 3. The highest BCUT2D eigenvalue weighted by Gasteiger charge is 2.22. The second-order valence-electron chi connectivity index (χ2n) is 6.89. The van der Waals surface area contributed by atoms with Gasteiger partial charge in [0.05, 0.1) is 12.8 Å². The molecule has 0 aliphatic rings. The maximum atomic E-state index is 13.8.